The van der Waals surface area contributed by atoms with Crippen molar-refractivity contribution in [3.8, 4) is 0 Å². The number of carbonyl (C=O) groups excluding carboxylic acids is 2. The van der Waals surface area contributed by atoms with Gasteiger partial charge in [-0.2, -0.15) is 9.78 Å². The quantitative estimate of drug-likeness (QED) is 0.801. The predicted octanol–water partition coefficient (Wildman–Crippen LogP) is 2.25. The number of aromatic nitrogens is 2. The summed E-state index contributed by atoms with van der Waals surface area (Å²) in [5, 5.41) is 6.55. The zero-order valence-electron chi connectivity index (χ0n) is 11.0. The van der Waals surface area contributed by atoms with E-state index in [1.807, 2.05) is 20.8 Å². The van der Waals surface area contributed by atoms with Gasteiger partial charge < -0.3 is 5.32 Å². The number of carbonyl (C=O) groups is 2. The first-order valence-corrected chi connectivity index (χ1v) is 6.04. The van der Waals surface area contributed by atoms with Crippen LogP contribution in [-0.2, 0) is 16.0 Å². The minimum atomic E-state index is -0.115. The molecule has 1 amide bonds. The van der Waals surface area contributed by atoms with E-state index in [2.05, 4.69) is 10.4 Å². The lowest BCUT2D eigenvalue weighted by Crippen LogP contribution is -2.15. The molecule has 1 aromatic rings. The van der Waals surface area contributed by atoms with Crippen molar-refractivity contribution in [1.82, 2.24) is 9.78 Å². The molecule has 5 heteroatoms. The summed E-state index contributed by atoms with van der Waals surface area (Å²) in [4.78, 5) is 21.9. The minimum Gasteiger partial charge on any atom is -0.310 e. The van der Waals surface area contributed by atoms with Gasteiger partial charge in [0, 0.05) is 12.0 Å². The highest BCUT2D eigenvalue weighted by molar-refractivity contribution is 5.91. The molecule has 0 aliphatic heterocycles. The second-order valence-electron chi connectivity index (χ2n) is 3.22. The molecular weight excluding hydrogens is 218 g/mol. The third-order valence-electron chi connectivity index (χ3n) is 2.07. The summed E-state index contributed by atoms with van der Waals surface area (Å²) in [5.74, 6) is 0.384. The molecule has 0 saturated carbocycles. The number of hydrogen-bond donors (Lipinski definition) is 1. The second kappa shape index (κ2) is 8.50. The van der Waals surface area contributed by atoms with Gasteiger partial charge in [-0.1, -0.05) is 34.1 Å². The maximum absolute atomic E-state index is 11.2. The molecule has 96 valence electrons. The normalized spacial score (nSPS) is 9.18. The van der Waals surface area contributed by atoms with E-state index >= 15 is 0 Å². The molecule has 0 bridgehead atoms. The third-order valence-corrected chi connectivity index (χ3v) is 2.07. The summed E-state index contributed by atoms with van der Waals surface area (Å²) in [6.45, 7) is 7.79. The van der Waals surface area contributed by atoms with E-state index in [0.717, 1.165) is 23.1 Å². The number of amides is 1. The van der Waals surface area contributed by atoms with Gasteiger partial charge in [0.1, 0.15) is 5.82 Å². The van der Waals surface area contributed by atoms with Crippen molar-refractivity contribution >= 4 is 18.1 Å². The fraction of sp³-hybridized carbons (Fsp3) is 0.583. The Morgan fingerprint density at radius 3 is 2.59 bits per heavy atom. The van der Waals surface area contributed by atoms with Crippen LogP contribution in [-0.4, -0.2) is 22.1 Å². The van der Waals surface area contributed by atoms with Crippen LogP contribution in [0.25, 0.3) is 0 Å². The summed E-state index contributed by atoms with van der Waals surface area (Å²) in [5.41, 5.74) is 0.895. The van der Waals surface area contributed by atoms with Crippen molar-refractivity contribution in [3.63, 3.8) is 0 Å². The highest BCUT2D eigenvalue weighted by atomic mass is 16.2. The van der Waals surface area contributed by atoms with Gasteiger partial charge >= 0.3 is 0 Å². The van der Waals surface area contributed by atoms with Crippen molar-refractivity contribution in [1.29, 1.82) is 0 Å². The Bertz CT molecular complexity index is 359. The number of hydrogen-bond acceptors (Lipinski definition) is 3. The zero-order chi connectivity index (χ0) is 13.3. The number of nitrogens with zero attached hydrogens (tertiary/aromatic N) is 2. The van der Waals surface area contributed by atoms with Crippen molar-refractivity contribution in [2.45, 2.75) is 47.0 Å². The van der Waals surface area contributed by atoms with E-state index < -0.39 is 0 Å². The molecule has 0 aliphatic carbocycles. The Morgan fingerprint density at radius 1 is 1.47 bits per heavy atom. The largest absolute Gasteiger partial charge is 0.310 e. The van der Waals surface area contributed by atoms with Gasteiger partial charge in [0.05, 0.1) is 6.20 Å². The molecule has 0 radical (unpaired) electrons. The van der Waals surface area contributed by atoms with Crippen LogP contribution < -0.4 is 5.32 Å². The van der Waals surface area contributed by atoms with E-state index in [4.69, 9.17) is 0 Å². The van der Waals surface area contributed by atoms with Gasteiger partial charge in [-0.25, -0.2) is 0 Å². The molecule has 0 aromatic carbocycles. The van der Waals surface area contributed by atoms with Gasteiger partial charge in [0.15, 0.2) is 0 Å². The fourth-order valence-corrected chi connectivity index (χ4v) is 1.29. The van der Waals surface area contributed by atoms with Crippen molar-refractivity contribution in [2.75, 3.05) is 5.32 Å². The zero-order valence-corrected chi connectivity index (χ0v) is 11.0. The van der Waals surface area contributed by atoms with Crippen molar-refractivity contribution in [3.05, 3.63) is 11.8 Å². The van der Waals surface area contributed by atoms with E-state index in [0.29, 0.717) is 18.6 Å². The Balaban J connectivity index is 0.00000121. The molecular formula is C12H21N3O2. The second-order valence-corrected chi connectivity index (χ2v) is 3.22. The van der Waals surface area contributed by atoms with Crippen LogP contribution in [0.4, 0.5) is 5.82 Å². The molecule has 17 heavy (non-hydrogen) atoms. The fourth-order valence-electron chi connectivity index (χ4n) is 1.29. The van der Waals surface area contributed by atoms with Crippen LogP contribution in [0.3, 0.4) is 0 Å². The molecule has 1 N–H and O–H groups in total. The van der Waals surface area contributed by atoms with E-state index in [-0.39, 0.29) is 5.91 Å². The van der Waals surface area contributed by atoms with E-state index in [1.54, 1.807) is 13.1 Å². The summed E-state index contributed by atoms with van der Waals surface area (Å²) in [6, 6.07) is 0. The lowest BCUT2D eigenvalue weighted by atomic mass is 10.2. The molecule has 5 nitrogen and oxygen atoms in total. The van der Waals surface area contributed by atoms with Crippen molar-refractivity contribution in [2.24, 2.45) is 0 Å². The van der Waals surface area contributed by atoms with Crippen LogP contribution >= 0.6 is 0 Å². The Kier molecular flexibility index (Phi) is 7.67. The number of anilines is 1. The van der Waals surface area contributed by atoms with Crippen LogP contribution in [0.1, 0.15) is 46.1 Å². The van der Waals surface area contributed by atoms with Gasteiger partial charge in [-0.15, -0.1) is 0 Å². The van der Waals surface area contributed by atoms with Crippen molar-refractivity contribution < 1.29 is 9.59 Å². The molecule has 0 unspecified atom stereocenters. The smallest absolute Gasteiger partial charge is 0.236 e. The predicted molar refractivity (Wildman–Crippen MR) is 68.6 cm³/mol. The highest BCUT2D eigenvalue weighted by Gasteiger charge is 2.11. The molecule has 0 atom stereocenters. The van der Waals surface area contributed by atoms with Crippen LogP contribution in [0, 0.1) is 0 Å². The standard InChI is InChI=1S/C10H15N3O2.C2H6/c1-3-5-8-6-11-13(7-14)10(8)12-9(15)4-2;1-2/h6-7H,3-5H2,1-2H3,(H,12,15);1-2H3. The average molecular weight is 239 g/mol. The average Bonchev–Trinajstić information content (AvgIpc) is 2.74. The lowest BCUT2D eigenvalue weighted by molar-refractivity contribution is -0.115. The summed E-state index contributed by atoms with van der Waals surface area (Å²) >= 11 is 0. The van der Waals surface area contributed by atoms with Gasteiger partial charge in [0.2, 0.25) is 12.3 Å². The molecule has 1 heterocycles. The molecule has 0 fully saturated rings. The summed E-state index contributed by atoms with van der Waals surface area (Å²) < 4.78 is 1.15. The summed E-state index contributed by atoms with van der Waals surface area (Å²) in [6.07, 6.45) is 4.33. The maximum atomic E-state index is 11.2. The third kappa shape index (κ3) is 4.38. The van der Waals surface area contributed by atoms with Gasteiger partial charge in [0.25, 0.3) is 0 Å². The van der Waals surface area contributed by atoms with Gasteiger partial charge in [-0.05, 0) is 6.42 Å². The first kappa shape index (κ1) is 15.3. The highest BCUT2D eigenvalue weighted by Crippen LogP contribution is 2.15. The molecule has 0 aliphatic rings. The lowest BCUT2D eigenvalue weighted by Gasteiger charge is -2.05. The first-order chi connectivity index (χ1) is 8.22. The first-order valence-electron chi connectivity index (χ1n) is 6.04. The van der Waals surface area contributed by atoms with E-state index in [1.165, 1.54) is 0 Å². The van der Waals surface area contributed by atoms with Crippen LogP contribution in [0.2, 0.25) is 0 Å². The topological polar surface area (TPSA) is 64.0 Å². The number of rotatable bonds is 5. The SMILES string of the molecule is CC.CCCc1cnn(C=O)c1NC(=O)CC. The number of aryl methyl sites for hydroxylation is 1. The monoisotopic (exact) mass is 239 g/mol. The van der Waals surface area contributed by atoms with Crippen LogP contribution in [0.5, 0.6) is 0 Å². The minimum absolute atomic E-state index is 0.115. The summed E-state index contributed by atoms with van der Waals surface area (Å²) in [7, 11) is 0. The number of nitrogens with one attached hydrogen (secondary N) is 1. The Hall–Kier alpha value is -1.65. The Labute approximate surface area is 102 Å². The van der Waals surface area contributed by atoms with Crippen LogP contribution in [0.15, 0.2) is 6.20 Å². The molecule has 1 rings (SSSR count). The molecule has 0 saturated heterocycles. The Morgan fingerprint density at radius 2 is 2.12 bits per heavy atom. The van der Waals surface area contributed by atoms with E-state index in [9.17, 15) is 9.59 Å². The van der Waals surface area contributed by atoms with Gasteiger partial charge in [-0.3, -0.25) is 9.59 Å². The maximum Gasteiger partial charge on any atom is 0.236 e. The molecule has 0 spiro atoms. The molecule has 1 aromatic heterocycles.